The normalized spacial score (nSPS) is 12.0. The molecule has 15 aromatic rings. The van der Waals surface area contributed by atoms with E-state index < -0.39 is 0 Å². The molecule has 0 aliphatic heterocycles. The van der Waals surface area contributed by atoms with Crippen LogP contribution < -0.4 is 0 Å². The van der Waals surface area contributed by atoms with Crippen molar-refractivity contribution in [3.8, 4) is 45.3 Å². The van der Waals surface area contributed by atoms with Crippen molar-refractivity contribution >= 4 is 87.2 Å². The number of hydrogen-bond acceptors (Lipinski definition) is 1. The van der Waals surface area contributed by atoms with Crippen LogP contribution in [0.2, 0.25) is 0 Å². The second-order valence-corrected chi connectivity index (χ2v) is 18.3. The fourth-order valence-corrected chi connectivity index (χ4v) is 11.7. The third-order valence-electron chi connectivity index (χ3n) is 14.6. The van der Waals surface area contributed by atoms with E-state index in [1.54, 1.807) is 0 Å². The first kappa shape index (κ1) is 38.6. The van der Waals surface area contributed by atoms with Crippen molar-refractivity contribution < 1.29 is 0 Å². The molecule has 0 amide bonds. The van der Waals surface area contributed by atoms with Gasteiger partial charge < -0.3 is 9.13 Å². The average Bonchev–Trinajstić information content (AvgIpc) is 4.16. The van der Waals surface area contributed by atoms with E-state index in [2.05, 4.69) is 267 Å². The van der Waals surface area contributed by atoms with Crippen LogP contribution in [0.25, 0.3) is 132 Å². The van der Waals surface area contributed by atoms with Gasteiger partial charge >= 0.3 is 0 Å². The van der Waals surface area contributed by atoms with E-state index in [9.17, 15) is 0 Å². The van der Waals surface area contributed by atoms with Crippen LogP contribution in [0.4, 0.5) is 0 Å². The molecule has 10 aromatic carbocycles. The van der Waals surface area contributed by atoms with Crippen molar-refractivity contribution in [3.05, 3.63) is 249 Å². The number of hydrogen-bond donors (Lipinski definition) is 0. The van der Waals surface area contributed by atoms with E-state index in [-0.39, 0.29) is 0 Å². The lowest BCUT2D eigenvalue weighted by molar-refractivity contribution is 1.01. The Kier molecular flexibility index (Phi) is 8.29. The van der Waals surface area contributed by atoms with E-state index >= 15 is 0 Å². The van der Waals surface area contributed by atoms with E-state index in [0.29, 0.717) is 0 Å². The number of benzene rings is 10. The minimum Gasteiger partial charge on any atom is -0.309 e. The summed E-state index contributed by atoms with van der Waals surface area (Å²) in [7, 11) is 0. The summed E-state index contributed by atoms with van der Waals surface area (Å²) in [5.74, 6) is 1.68. The van der Waals surface area contributed by atoms with Crippen LogP contribution in [-0.2, 0) is 0 Å². The van der Waals surface area contributed by atoms with E-state index in [4.69, 9.17) is 4.98 Å². The highest BCUT2D eigenvalue weighted by molar-refractivity contribution is 6.13. The molecule has 5 aromatic heterocycles. The van der Waals surface area contributed by atoms with Crippen molar-refractivity contribution in [2.75, 3.05) is 0 Å². The maximum Gasteiger partial charge on any atom is 0.140 e. The highest BCUT2D eigenvalue weighted by Gasteiger charge is 2.25. The summed E-state index contributed by atoms with van der Waals surface area (Å²) in [4.78, 5) is 5.78. The van der Waals surface area contributed by atoms with Gasteiger partial charge in [0.15, 0.2) is 0 Å². The standard InChI is InChI=1S/C65H41N5/c1-10-30-53-43(20-1)44-21-2-11-31-54(44)67(53)57-34-14-9-28-51(57)52-29-19-39-62(68-55-32-12-3-22-45(55)46-23-4-13-33-56(46)68)65(52)42-40-63(69-58-35-15-5-24-47(58)48-25-6-16-36-59(48)69)66-64(41-42)70-60-37-17-7-26-49(60)50-27-8-18-38-61(50)70/h1-41H. The van der Waals surface area contributed by atoms with Crippen molar-refractivity contribution in [2.45, 2.75) is 0 Å². The molecule has 5 heteroatoms. The van der Waals surface area contributed by atoms with Crippen molar-refractivity contribution in [3.63, 3.8) is 0 Å². The Balaban J connectivity index is 1.12. The number of para-hydroxylation sites is 9. The predicted molar refractivity (Wildman–Crippen MR) is 292 cm³/mol. The monoisotopic (exact) mass is 891 g/mol. The molecule has 0 bridgehead atoms. The zero-order chi connectivity index (χ0) is 45.9. The molecule has 0 spiro atoms. The summed E-state index contributed by atoms with van der Waals surface area (Å²) in [6, 6.07) is 90.6. The molecule has 326 valence electrons. The Labute approximate surface area is 402 Å². The van der Waals surface area contributed by atoms with Gasteiger partial charge in [-0.15, -0.1) is 0 Å². The second kappa shape index (κ2) is 15.0. The SMILES string of the molecule is c1ccc(-n2c3ccccc3c3ccccc32)c(-c2cccc(-n3c4ccccc4c4ccccc43)c2-c2cc(-n3c4ccccc4c4ccccc43)nc(-n3c4ccccc4c4ccccc43)c2)c1. The van der Waals surface area contributed by atoms with E-state index in [1.807, 2.05) is 0 Å². The van der Waals surface area contributed by atoms with Crippen LogP contribution in [0.1, 0.15) is 0 Å². The van der Waals surface area contributed by atoms with Crippen molar-refractivity contribution in [1.82, 2.24) is 23.3 Å². The number of aromatic nitrogens is 5. The summed E-state index contributed by atoms with van der Waals surface area (Å²) < 4.78 is 9.66. The quantitative estimate of drug-likeness (QED) is 0.164. The highest BCUT2D eigenvalue weighted by Crippen LogP contribution is 2.46. The summed E-state index contributed by atoms with van der Waals surface area (Å²) in [6.07, 6.45) is 0. The molecule has 0 saturated heterocycles. The topological polar surface area (TPSA) is 32.6 Å². The van der Waals surface area contributed by atoms with Crippen molar-refractivity contribution in [1.29, 1.82) is 0 Å². The second-order valence-electron chi connectivity index (χ2n) is 18.3. The van der Waals surface area contributed by atoms with Crippen LogP contribution in [0, 0.1) is 0 Å². The largest absolute Gasteiger partial charge is 0.309 e. The minimum atomic E-state index is 0.838. The maximum atomic E-state index is 5.78. The lowest BCUT2D eigenvalue weighted by Gasteiger charge is -2.22. The molecule has 5 nitrogen and oxygen atoms in total. The zero-order valence-electron chi connectivity index (χ0n) is 37.9. The fourth-order valence-electron chi connectivity index (χ4n) is 11.7. The van der Waals surface area contributed by atoms with Crippen LogP contribution >= 0.6 is 0 Å². The number of rotatable bonds is 6. The molecule has 0 saturated carbocycles. The third kappa shape index (κ3) is 5.51. The van der Waals surface area contributed by atoms with Crippen LogP contribution in [0.15, 0.2) is 249 Å². The Bertz CT molecular complexity index is 4270. The molecule has 0 unspecified atom stereocenters. The molecule has 70 heavy (non-hydrogen) atoms. The molecule has 0 atom stereocenters. The molecule has 5 heterocycles. The van der Waals surface area contributed by atoms with Gasteiger partial charge in [-0.25, -0.2) is 4.98 Å². The van der Waals surface area contributed by atoms with Gasteiger partial charge in [-0.2, -0.15) is 0 Å². The minimum absolute atomic E-state index is 0.838. The van der Waals surface area contributed by atoms with Gasteiger partial charge in [-0.3, -0.25) is 9.13 Å². The molecular formula is C65H41N5. The van der Waals surface area contributed by atoms with E-state index in [1.165, 1.54) is 54.1 Å². The van der Waals surface area contributed by atoms with Gasteiger partial charge in [0, 0.05) is 54.2 Å². The van der Waals surface area contributed by atoms with Gasteiger partial charge in [0.05, 0.1) is 55.5 Å². The fraction of sp³-hybridized carbons (Fsp3) is 0. The van der Waals surface area contributed by atoms with Crippen LogP contribution in [0.3, 0.4) is 0 Å². The van der Waals surface area contributed by atoms with Gasteiger partial charge in [0.2, 0.25) is 0 Å². The summed E-state index contributed by atoms with van der Waals surface area (Å²) in [6.45, 7) is 0. The first-order chi connectivity index (χ1) is 34.8. The lowest BCUT2D eigenvalue weighted by atomic mass is 9.91. The van der Waals surface area contributed by atoms with Gasteiger partial charge in [0.1, 0.15) is 11.6 Å². The van der Waals surface area contributed by atoms with Gasteiger partial charge in [-0.1, -0.05) is 176 Å². The highest BCUT2D eigenvalue weighted by atomic mass is 15.1. The van der Waals surface area contributed by atoms with Crippen LogP contribution in [-0.4, -0.2) is 23.3 Å². The molecule has 0 radical (unpaired) electrons. The summed E-state index contributed by atoms with van der Waals surface area (Å²) >= 11 is 0. The molecule has 0 N–H and O–H groups in total. The first-order valence-corrected chi connectivity index (χ1v) is 24.0. The molecule has 15 rings (SSSR count). The van der Waals surface area contributed by atoms with Gasteiger partial charge in [-0.05, 0) is 83.9 Å². The number of fused-ring (bicyclic) bond motifs is 12. The average molecular weight is 892 g/mol. The van der Waals surface area contributed by atoms with Gasteiger partial charge in [0.25, 0.3) is 0 Å². The third-order valence-corrected chi connectivity index (χ3v) is 14.6. The Hall–Kier alpha value is -9.45. The summed E-state index contributed by atoms with van der Waals surface area (Å²) in [5, 5.41) is 9.65. The molecule has 0 aliphatic carbocycles. The predicted octanol–water partition coefficient (Wildman–Crippen LogP) is 16.8. The Morgan fingerprint density at radius 3 is 0.871 bits per heavy atom. The molecular weight excluding hydrogens is 851 g/mol. The maximum absolute atomic E-state index is 5.78. The number of nitrogens with zero attached hydrogens (tertiary/aromatic N) is 5. The Morgan fingerprint density at radius 1 is 0.229 bits per heavy atom. The lowest BCUT2D eigenvalue weighted by Crippen LogP contribution is -2.06. The first-order valence-electron chi connectivity index (χ1n) is 24.0. The molecule has 0 fully saturated rings. The van der Waals surface area contributed by atoms with Crippen LogP contribution in [0.5, 0.6) is 0 Å². The molecule has 0 aliphatic rings. The van der Waals surface area contributed by atoms with E-state index in [0.717, 1.165) is 78.4 Å². The summed E-state index contributed by atoms with van der Waals surface area (Å²) in [5.41, 5.74) is 15.6. The smallest absolute Gasteiger partial charge is 0.140 e. The number of pyridine rings is 1. The Morgan fingerprint density at radius 2 is 0.500 bits per heavy atom. The van der Waals surface area contributed by atoms with Crippen molar-refractivity contribution in [2.24, 2.45) is 0 Å². The zero-order valence-corrected chi connectivity index (χ0v) is 37.9.